The molecular weight excluding hydrogens is 240 g/mol. The maximum Gasteiger partial charge on any atom is 0.231 e. The summed E-state index contributed by atoms with van der Waals surface area (Å²) >= 11 is 0. The summed E-state index contributed by atoms with van der Waals surface area (Å²) in [4.78, 5) is 15.0. The van der Waals surface area contributed by atoms with Crippen LogP contribution >= 0.6 is 0 Å². The fourth-order valence-corrected chi connectivity index (χ4v) is 1.96. The van der Waals surface area contributed by atoms with E-state index >= 15 is 0 Å². The lowest BCUT2D eigenvalue weighted by Gasteiger charge is -2.23. The Morgan fingerprint density at radius 3 is 2.53 bits per heavy atom. The second-order valence-corrected chi connectivity index (χ2v) is 5.88. The normalized spacial score (nSPS) is 15.8. The van der Waals surface area contributed by atoms with Crippen LogP contribution in [0.5, 0.6) is 0 Å². The third-order valence-corrected chi connectivity index (χ3v) is 3.71. The van der Waals surface area contributed by atoms with Crippen molar-refractivity contribution in [3.05, 3.63) is 0 Å². The molecule has 0 aromatic carbocycles. The van der Waals surface area contributed by atoms with Crippen LogP contribution in [0.3, 0.4) is 0 Å². The Bertz CT molecular complexity index is 425. The van der Waals surface area contributed by atoms with Gasteiger partial charge in [-0.1, -0.05) is 20.8 Å². The third-order valence-electron chi connectivity index (χ3n) is 3.71. The number of nitrogens with zero attached hydrogens (tertiary/aromatic N) is 4. The number of nitrogens with two attached hydrogens (primary N) is 1. The van der Waals surface area contributed by atoms with Crippen LogP contribution < -0.4 is 16.0 Å². The van der Waals surface area contributed by atoms with Crippen molar-refractivity contribution in [3.8, 4) is 0 Å². The lowest BCUT2D eigenvalue weighted by molar-refractivity contribution is 0.376. The Kier molecular flexibility index (Phi) is 4.07. The first-order chi connectivity index (χ1) is 9.00. The maximum atomic E-state index is 5.77. The minimum atomic E-state index is 0.217. The monoisotopic (exact) mass is 264 g/mol. The summed E-state index contributed by atoms with van der Waals surface area (Å²) in [5.74, 6) is 1.56. The Balaban J connectivity index is 2.08. The van der Waals surface area contributed by atoms with Gasteiger partial charge >= 0.3 is 0 Å². The molecule has 2 rings (SSSR count). The molecule has 1 aromatic heterocycles. The summed E-state index contributed by atoms with van der Waals surface area (Å²) < 4.78 is 0. The van der Waals surface area contributed by atoms with Crippen LogP contribution in [0.2, 0.25) is 0 Å². The van der Waals surface area contributed by atoms with E-state index in [-0.39, 0.29) is 11.4 Å². The summed E-state index contributed by atoms with van der Waals surface area (Å²) in [6.07, 6.45) is 3.48. The molecule has 6 heteroatoms. The van der Waals surface area contributed by atoms with Crippen molar-refractivity contribution in [1.29, 1.82) is 0 Å². The van der Waals surface area contributed by atoms with Crippen LogP contribution in [-0.2, 0) is 0 Å². The molecule has 1 saturated heterocycles. The van der Waals surface area contributed by atoms with Gasteiger partial charge < -0.3 is 16.0 Å². The van der Waals surface area contributed by atoms with E-state index in [2.05, 4.69) is 45.9 Å². The van der Waals surface area contributed by atoms with Crippen molar-refractivity contribution in [2.75, 3.05) is 35.6 Å². The molecule has 106 valence electrons. The number of rotatable bonds is 5. The van der Waals surface area contributed by atoms with Crippen molar-refractivity contribution in [2.45, 2.75) is 40.0 Å². The SMILES string of the molecule is CCC(C)(C)CNc1nc(N)nc(N2CCCC2)n1. The topological polar surface area (TPSA) is 80.0 Å². The summed E-state index contributed by atoms with van der Waals surface area (Å²) in [6, 6.07) is 0. The van der Waals surface area contributed by atoms with Crippen molar-refractivity contribution in [3.63, 3.8) is 0 Å². The predicted octanol–water partition coefficient (Wildman–Crippen LogP) is 1.90. The molecule has 0 atom stereocenters. The quantitative estimate of drug-likeness (QED) is 0.845. The smallest absolute Gasteiger partial charge is 0.231 e. The van der Waals surface area contributed by atoms with Gasteiger partial charge in [-0.25, -0.2) is 0 Å². The highest BCUT2D eigenvalue weighted by atomic mass is 15.3. The minimum Gasteiger partial charge on any atom is -0.368 e. The van der Waals surface area contributed by atoms with E-state index in [1.54, 1.807) is 0 Å². The van der Waals surface area contributed by atoms with E-state index in [1.165, 1.54) is 12.8 Å². The van der Waals surface area contributed by atoms with E-state index < -0.39 is 0 Å². The van der Waals surface area contributed by atoms with Gasteiger partial charge in [0.2, 0.25) is 17.8 Å². The van der Waals surface area contributed by atoms with E-state index in [4.69, 9.17) is 5.73 Å². The van der Waals surface area contributed by atoms with Crippen molar-refractivity contribution in [1.82, 2.24) is 15.0 Å². The van der Waals surface area contributed by atoms with Gasteiger partial charge in [-0.3, -0.25) is 0 Å². The van der Waals surface area contributed by atoms with Crippen molar-refractivity contribution < 1.29 is 0 Å². The Labute approximate surface area is 114 Å². The van der Waals surface area contributed by atoms with Crippen LogP contribution in [0.25, 0.3) is 0 Å². The van der Waals surface area contributed by atoms with Crippen LogP contribution in [0, 0.1) is 5.41 Å². The summed E-state index contributed by atoms with van der Waals surface area (Å²) in [7, 11) is 0. The summed E-state index contributed by atoms with van der Waals surface area (Å²) in [6.45, 7) is 9.44. The van der Waals surface area contributed by atoms with Crippen LogP contribution in [0.4, 0.5) is 17.8 Å². The lowest BCUT2D eigenvalue weighted by atomic mass is 9.90. The highest BCUT2D eigenvalue weighted by Gasteiger charge is 2.18. The van der Waals surface area contributed by atoms with Crippen LogP contribution in [0.1, 0.15) is 40.0 Å². The molecule has 0 saturated carbocycles. The van der Waals surface area contributed by atoms with Crippen molar-refractivity contribution in [2.24, 2.45) is 5.41 Å². The number of hydrogen-bond donors (Lipinski definition) is 2. The molecular formula is C13H24N6. The molecule has 1 fully saturated rings. The molecule has 1 aromatic rings. The molecule has 0 bridgehead atoms. The molecule has 0 unspecified atom stereocenters. The first kappa shape index (κ1) is 13.8. The van der Waals surface area contributed by atoms with Gasteiger partial charge in [-0.2, -0.15) is 15.0 Å². The number of nitrogens with one attached hydrogen (secondary N) is 1. The Morgan fingerprint density at radius 2 is 1.89 bits per heavy atom. The molecule has 1 aliphatic heterocycles. The number of nitrogen functional groups attached to an aromatic ring is 1. The van der Waals surface area contributed by atoms with Gasteiger partial charge in [0.05, 0.1) is 0 Å². The second kappa shape index (κ2) is 5.59. The minimum absolute atomic E-state index is 0.217. The zero-order chi connectivity index (χ0) is 13.9. The van der Waals surface area contributed by atoms with Gasteiger partial charge in [-0.15, -0.1) is 0 Å². The zero-order valence-electron chi connectivity index (χ0n) is 12.1. The highest BCUT2D eigenvalue weighted by molar-refractivity contribution is 5.42. The summed E-state index contributed by atoms with van der Waals surface area (Å²) in [5, 5.41) is 3.27. The van der Waals surface area contributed by atoms with Gasteiger partial charge in [0, 0.05) is 19.6 Å². The molecule has 2 heterocycles. The Hall–Kier alpha value is -1.59. The molecule has 19 heavy (non-hydrogen) atoms. The van der Waals surface area contributed by atoms with E-state index in [0.29, 0.717) is 11.9 Å². The van der Waals surface area contributed by atoms with E-state index in [9.17, 15) is 0 Å². The third kappa shape index (κ3) is 3.68. The molecule has 0 aliphatic carbocycles. The standard InChI is InChI=1S/C13H24N6/c1-4-13(2,3)9-15-11-16-10(14)17-12(18-11)19-7-5-6-8-19/h4-9H2,1-3H3,(H3,14,15,16,17,18). The molecule has 0 spiro atoms. The fraction of sp³-hybridized carbons (Fsp3) is 0.769. The maximum absolute atomic E-state index is 5.77. The fourth-order valence-electron chi connectivity index (χ4n) is 1.96. The molecule has 0 amide bonds. The van der Waals surface area contributed by atoms with Crippen LogP contribution in [-0.4, -0.2) is 34.6 Å². The molecule has 0 radical (unpaired) electrons. The first-order valence-electron chi connectivity index (χ1n) is 7.00. The first-order valence-corrected chi connectivity index (χ1v) is 7.00. The van der Waals surface area contributed by atoms with Gasteiger partial charge in [0.15, 0.2) is 0 Å². The molecule has 3 N–H and O–H groups in total. The van der Waals surface area contributed by atoms with Crippen molar-refractivity contribution >= 4 is 17.8 Å². The van der Waals surface area contributed by atoms with Gasteiger partial charge in [0.1, 0.15) is 0 Å². The largest absolute Gasteiger partial charge is 0.368 e. The lowest BCUT2D eigenvalue weighted by Crippen LogP contribution is -2.25. The number of anilines is 3. The average Bonchev–Trinajstić information content (AvgIpc) is 2.90. The van der Waals surface area contributed by atoms with E-state index in [1.807, 2.05) is 0 Å². The second-order valence-electron chi connectivity index (χ2n) is 5.88. The Morgan fingerprint density at radius 1 is 1.21 bits per heavy atom. The average molecular weight is 264 g/mol. The zero-order valence-corrected chi connectivity index (χ0v) is 12.1. The number of hydrogen-bond acceptors (Lipinski definition) is 6. The highest BCUT2D eigenvalue weighted by Crippen LogP contribution is 2.21. The molecule has 1 aliphatic rings. The predicted molar refractivity (Wildman–Crippen MR) is 78.2 cm³/mol. The van der Waals surface area contributed by atoms with Gasteiger partial charge in [-0.05, 0) is 24.7 Å². The van der Waals surface area contributed by atoms with Gasteiger partial charge in [0.25, 0.3) is 0 Å². The number of aromatic nitrogens is 3. The molecule has 6 nitrogen and oxygen atoms in total. The summed E-state index contributed by atoms with van der Waals surface area (Å²) in [5.41, 5.74) is 5.99. The van der Waals surface area contributed by atoms with E-state index in [0.717, 1.165) is 26.1 Å². The van der Waals surface area contributed by atoms with Crippen LogP contribution in [0.15, 0.2) is 0 Å².